The lowest BCUT2D eigenvalue weighted by Gasteiger charge is -2.18. The highest BCUT2D eigenvalue weighted by Crippen LogP contribution is 2.38. The van der Waals surface area contributed by atoms with Crippen LogP contribution in [0.15, 0.2) is 29.2 Å². The predicted octanol–water partition coefficient (Wildman–Crippen LogP) is 4.76. The lowest BCUT2D eigenvalue weighted by Crippen LogP contribution is -2.22. The molecule has 136 valence electrons. The van der Waals surface area contributed by atoms with E-state index in [9.17, 15) is 4.79 Å². The van der Waals surface area contributed by atoms with Gasteiger partial charge in [0.2, 0.25) is 0 Å². The fourth-order valence-corrected chi connectivity index (χ4v) is 3.03. The molecule has 0 atom stereocenters. The van der Waals surface area contributed by atoms with Crippen LogP contribution in [0.2, 0.25) is 0 Å². The molecule has 0 radical (unpaired) electrons. The first-order valence-corrected chi connectivity index (χ1v) is 8.90. The first-order valence-electron chi connectivity index (χ1n) is 8.90. The van der Waals surface area contributed by atoms with Crippen molar-refractivity contribution < 1.29 is 9.47 Å². The third kappa shape index (κ3) is 4.06. The number of rotatable bonds is 7. The summed E-state index contributed by atoms with van der Waals surface area (Å²) in [4.78, 5) is 12.4. The van der Waals surface area contributed by atoms with E-state index in [1.807, 2.05) is 31.3 Å². The fraction of sp³-hybridized carbons (Fsp3) is 0.476. The van der Waals surface area contributed by atoms with Gasteiger partial charge in [-0.25, -0.2) is 0 Å². The zero-order valence-electron chi connectivity index (χ0n) is 16.2. The second-order valence-corrected chi connectivity index (χ2v) is 6.71. The monoisotopic (exact) mass is 343 g/mol. The third-order valence-corrected chi connectivity index (χ3v) is 4.50. The molecule has 0 fully saturated rings. The minimum absolute atomic E-state index is 0.0712. The summed E-state index contributed by atoms with van der Waals surface area (Å²) in [6.07, 6.45) is 3.96. The number of pyridine rings is 1. The first kappa shape index (κ1) is 19.1. The van der Waals surface area contributed by atoms with Crippen molar-refractivity contribution in [3.8, 4) is 22.6 Å². The van der Waals surface area contributed by atoms with E-state index in [-0.39, 0.29) is 5.56 Å². The zero-order valence-corrected chi connectivity index (χ0v) is 16.2. The SMILES string of the molecule is CCCCn1cc(-c2cc(OC)c(C(C)C)cc2OC)cc(C)c1=O. The summed E-state index contributed by atoms with van der Waals surface area (Å²) < 4.78 is 13.0. The van der Waals surface area contributed by atoms with E-state index in [1.54, 1.807) is 18.8 Å². The molecular weight excluding hydrogens is 314 g/mol. The van der Waals surface area contributed by atoms with Crippen LogP contribution in [0.1, 0.15) is 50.7 Å². The normalized spacial score (nSPS) is 11.0. The second kappa shape index (κ2) is 8.24. The molecular formula is C21H29NO3. The van der Waals surface area contributed by atoms with Crippen LogP contribution in [0.25, 0.3) is 11.1 Å². The van der Waals surface area contributed by atoms with Gasteiger partial charge in [0.1, 0.15) is 11.5 Å². The molecule has 0 saturated carbocycles. The summed E-state index contributed by atoms with van der Waals surface area (Å²) >= 11 is 0. The maximum atomic E-state index is 12.4. The number of ether oxygens (including phenoxy) is 2. The van der Waals surface area contributed by atoms with Gasteiger partial charge in [-0.1, -0.05) is 27.2 Å². The summed E-state index contributed by atoms with van der Waals surface area (Å²) in [5.74, 6) is 1.97. The molecule has 0 aliphatic carbocycles. The van der Waals surface area contributed by atoms with E-state index < -0.39 is 0 Å². The number of unbranched alkanes of at least 4 members (excludes halogenated alkanes) is 1. The van der Waals surface area contributed by atoms with Crippen molar-refractivity contribution >= 4 is 0 Å². The largest absolute Gasteiger partial charge is 0.496 e. The summed E-state index contributed by atoms with van der Waals surface area (Å²) in [6.45, 7) is 8.98. The van der Waals surface area contributed by atoms with E-state index in [1.165, 1.54) is 0 Å². The molecule has 4 nitrogen and oxygen atoms in total. The fourth-order valence-electron chi connectivity index (χ4n) is 3.03. The molecule has 0 aliphatic rings. The van der Waals surface area contributed by atoms with Crippen LogP contribution in [-0.4, -0.2) is 18.8 Å². The van der Waals surface area contributed by atoms with Gasteiger partial charge in [0.25, 0.3) is 5.56 Å². The van der Waals surface area contributed by atoms with Crippen LogP contribution < -0.4 is 15.0 Å². The van der Waals surface area contributed by atoms with Crippen molar-refractivity contribution in [2.24, 2.45) is 0 Å². The maximum Gasteiger partial charge on any atom is 0.253 e. The first-order chi connectivity index (χ1) is 11.9. The van der Waals surface area contributed by atoms with Crippen LogP contribution in [0.5, 0.6) is 11.5 Å². The summed E-state index contributed by atoms with van der Waals surface area (Å²) in [7, 11) is 3.36. The molecule has 0 N–H and O–H groups in total. The molecule has 1 aromatic carbocycles. The molecule has 0 unspecified atom stereocenters. The van der Waals surface area contributed by atoms with Crippen LogP contribution in [-0.2, 0) is 6.54 Å². The standard InChI is InChI=1S/C21H29NO3/c1-7-8-9-22-13-16(10-15(4)21(22)23)18-12-19(24-5)17(14(2)3)11-20(18)25-6/h10-14H,7-9H2,1-6H3. The Hall–Kier alpha value is -2.23. The highest BCUT2D eigenvalue weighted by molar-refractivity contribution is 5.73. The van der Waals surface area contributed by atoms with Gasteiger partial charge < -0.3 is 14.0 Å². The van der Waals surface area contributed by atoms with Gasteiger partial charge >= 0.3 is 0 Å². The number of nitrogens with zero attached hydrogens (tertiary/aromatic N) is 1. The molecule has 2 aromatic rings. The van der Waals surface area contributed by atoms with Crippen LogP contribution in [0, 0.1) is 6.92 Å². The van der Waals surface area contributed by atoms with Gasteiger partial charge in [0.15, 0.2) is 0 Å². The molecule has 0 spiro atoms. The van der Waals surface area contributed by atoms with E-state index in [2.05, 4.69) is 20.8 Å². The molecule has 0 amide bonds. The van der Waals surface area contributed by atoms with Crippen molar-refractivity contribution in [1.29, 1.82) is 0 Å². The van der Waals surface area contributed by atoms with Crippen molar-refractivity contribution in [2.75, 3.05) is 14.2 Å². The molecule has 0 bridgehead atoms. The zero-order chi connectivity index (χ0) is 18.6. The van der Waals surface area contributed by atoms with E-state index >= 15 is 0 Å². The van der Waals surface area contributed by atoms with Gasteiger partial charge in [-0.05, 0) is 37.5 Å². The topological polar surface area (TPSA) is 40.5 Å². The highest BCUT2D eigenvalue weighted by atomic mass is 16.5. The average Bonchev–Trinajstić information content (AvgIpc) is 2.61. The Morgan fingerprint density at radius 2 is 1.76 bits per heavy atom. The number of hydrogen-bond acceptors (Lipinski definition) is 3. The molecule has 25 heavy (non-hydrogen) atoms. The summed E-state index contributed by atoms with van der Waals surface area (Å²) in [6, 6.07) is 5.98. The van der Waals surface area contributed by atoms with E-state index in [0.29, 0.717) is 5.92 Å². The Kier molecular flexibility index (Phi) is 6.29. The molecule has 2 rings (SSSR count). The maximum absolute atomic E-state index is 12.4. The quantitative estimate of drug-likeness (QED) is 0.727. The average molecular weight is 343 g/mol. The second-order valence-electron chi connectivity index (χ2n) is 6.71. The number of hydrogen-bond donors (Lipinski definition) is 0. The van der Waals surface area contributed by atoms with Crippen molar-refractivity contribution in [3.63, 3.8) is 0 Å². The number of benzene rings is 1. The van der Waals surface area contributed by atoms with Gasteiger partial charge in [-0.15, -0.1) is 0 Å². The molecule has 4 heteroatoms. The Bertz CT molecular complexity index is 790. The van der Waals surface area contributed by atoms with Crippen LogP contribution in [0.4, 0.5) is 0 Å². The Morgan fingerprint density at radius 3 is 2.32 bits per heavy atom. The summed E-state index contributed by atoms with van der Waals surface area (Å²) in [5, 5.41) is 0. The van der Waals surface area contributed by atoms with E-state index in [4.69, 9.17) is 9.47 Å². The highest BCUT2D eigenvalue weighted by Gasteiger charge is 2.16. The van der Waals surface area contributed by atoms with Crippen LogP contribution >= 0.6 is 0 Å². The number of aromatic nitrogens is 1. The Balaban J connectivity index is 2.64. The lowest BCUT2D eigenvalue weighted by molar-refractivity contribution is 0.398. The minimum atomic E-state index is 0.0712. The molecule has 1 heterocycles. The predicted molar refractivity (Wildman–Crippen MR) is 103 cm³/mol. The third-order valence-electron chi connectivity index (χ3n) is 4.50. The van der Waals surface area contributed by atoms with Crippen LogP contribution in [0.3, 0.4) is 0 Å². The van der Waals surface area contributed by atoms with Gasteiger partial charge in [-0.3, -0.25) is 4.79 Å². The molecule has 0 aliphatic heterocycles. The number of aryl methyl sites for hydroxylation is 2. The van der Waals surface area contributed by atoms with Gasteiger partial charge in [0.05, 0.1) is 14.2 Å². The summed E-state index contributed by atoms with van der Waals surface area (Å²) in [5.41, 5.74) is 3.83. The van der Waals surface area contributed by atoms with Crippen molar-refractivity contribution in [2.45, 2.75) is 53.0 Å². The van der Waals surface area contributed by atoms with Crippen molar-refractivity contribution in [3.05, 3.63) is 45.9 Å². The van der Waals surface area contributed by atoms with Gasteiger partial charge in [-0.2, -0.15) is 0 Å². The lowest BCUT2D eigenvalue weighted by atomic mass is 9.96. The minimum Gasteiger partial charge on any atom is -0.496 e. The molecule has 0 saturated heterocycles. The Labute approximate surface area is 150 Å². The smallest absolute Gasteiger partial charge is 0.253 e. The number of methoxy groups -OCH3 is 2. The molecule has 1 aromatic heterocycles. The Morgan fingerprint density at radius 1 is 1.08 bits per heavy atom. The van der Waals surface area contributed by atoms with Crippen molar-refractivity contribution in [1.82, 2.24) is 4.57 Å². The van der Waals surface area contributed by atoms with Gasteiger partial charge in [0, 0.05) is 35.0 Å². The van der Waals surface area contributed by atoms with E-state index in [0.717, 1.165) is 53.1 Å².